The molecule has 0 radical (unpaired) electrons. The SMILES string of the molecule is CCC(C)(NC(=O)NC(C)CCS(C)=O)C(=O)O. The highest BCUT2D eigenvalue weighted by Gasteiger charge is 2.32. The average Bonchev–Trinajstić information content (AvgIpc) is 2.25. The highest BCUT2D eigenvalue weighted by Crippen LogP contribution is 2.08. The van der Waals surface area contributed by atoms with Crippen molar-refractivity contribution in [2.75, 3.05) is 12.0 Å². The van der Waals surface area contributed by atoms with Gasteiger partial charge >= 0.3 is 12.0 Å². The Balaban J connectivity index is 4.25. The van der Waals surface area contributed by atoms with Crippen LogP contribution in [-0.2, 0) is 15.6 Å². The van der Waals surface area contributed by atoms with Crippen molar-refractivity contribution in [1.29, 1.82) is 0 Å². The van der Waals surface area contributed by atoms with Crippen LogP contribution in [0, 0.1) is 0 Å². The molecule has 106 valence electrons. The molecule has 0 aromatic heterocycles. The lowest BCUT2D eigenvalue weighted by atomic mass is 10.00. The number of amides is 2. The van der Waals surface area contributed by atoms with Crippen molar-refractivity contribution in [2.24, 2.45) is 0 Å². The smallest absolute Gasteiger partial charge is 0.329 e. The van der Waals surface area contributed by atoms with Crippen molar-refractivity contribution in [2.45, 2.75) is 45.2 Å². The summed E-state index contributed by atoms with van der Waals surface area (Å²) in [7, 11) is -0.895. The molecule has 3 N–H and O–H groups in total. The first kappa shape index (κ1) is 16.9. The third-order valence-electron chi connectivity index (χ3n) is 2.78. The maximum Gasteiger partial charge on any atom is 0.329 e. The van der Waals surface area contributed by atoms with Gasteiger partial charge in [0.15, 0.2) is 0 Å². The number of carbonyl (C=O) groups is 2. The molecule has 7 heteroatoms. The van der Waals surface area contributed by atoms with Crippen molar-refractivity contribution in [1.82, 2.24) is 10.6 Å². The number of carboxylic acids is 1. The molecule has 0 saturated carbocycles. The summed E-state index contributed by atoms with van der Waals surface area (Å²) in [4.78, 5) is 22.6. The predicted octanol–water partition coefficient (Wildman–Crippen LogP) is 0.696. The Morgan fingerprint density at radius 1 is 1.44 bits per heavy atom. The zero-order valence-corrected chi connectivity index (χ0v) is 12.1. The van der Waals surface area contributed by atoms with Gasteiger partial charge in [0, 0.05) is 28.9 Å². The maximum atomic E-state index is 11.6. The minimum Gasteiger partial charge on any atom is -0.480 e. The van der Waals surface area contributed by atoms with E-state index in [9.17, 15) is 13.8 Å². The van der Waals surface area contributed by atoms with Crippen molar-refractivity contribution < 1.29 is 18.9 Å². The van der Waals surface area contributed by atoms with Crippen LogP contribution in [-0.4, -0.2) is 44.9 Å². The molecule has 0 aromatic rings. The Kier molecular flexibility index (Phi) is 6.90. The lowest BCUT2D eigenvalue weighted by Crippen LogP contribution is -2.56. The Hall–Kier alpha value is -1.11. The zero-order valence-electron chi connectivity index (χ0n) is 11.3. The Morgan fingerprint density at radius 2 is 2.00 bits per heavy atom. The topological polar surface area (TPSA) is 95.5 Å². The molecule has 0 aliphatic carbocycles. The molecule has 3 atom stereocenters. The number of hydrogen-bond donors (Lipinski definition) is 3. The van der Waals surface area contributed by atoms with E-state index in [1.54, 1.807) is 20.1 Å². The maximum absolute atomic E-state index is 11.6. The van der Waals surface area contributed by atoms with Crippen molar-refractivity contribution in [3.8, 4) is 0 Å². The minimum atomic E-state index is -1.27. The largest absolute Gasteiger partial charge is 0.480 e. The number of rotatable bonds is 7. The van der Waals surface area contributed by atoms with E-state index in [2.05, 4.69) is 10.6 Å². The summed E-state index contributed by atoms with van der Waals surface area (Å²) in [5.74, 6) is -0.562. The number of aliphatic carboxylic acids is 1. The van der Waals surface area contributed by atoms with E-state index in [0.29, 0.717) is 18.6 Å². The summed E-state index contributed by atoms with van der Waals surface area (Å²) < 4.78 is 10.9. The zero-order chi connectivity index (χ0) is 14.3. The summed E-state index contributed by atoms with van der Waals surface area (Å²) in [6.45, 7) is 4.94. The van der Waals surface area contributed by atoms with Crippen LogP contribution in [0.2, 0.25) is 0 Å². The van der Waals surface area contributed by atoms with Gasteiger partial charge in [-0.15, -0.1) is 0 Å². The van der Waals surface area contributed by atoms with Crippen LogP contribution < -0.4 is 10.6 Å². The Labute approximate surface area is 110 Å². The molecule has 3 unspecified atom stereocenters. The average molecular weight is 278 g/mol. The van der Waals surface area contributed by atoms with Crippen molar-refractivity contribution in [3.05, 3.63) is 0 Å². The fourth-order valence-corrected chi connectivity index (χ4v) is 1.90. The molecule has 18 heavy (non-hydrogen) atoms. The van der Waals surface area contributed by atoms with Crippen LogP contribution in [0.5, 0.6) is 0 Å². The van der Waals surface area contributed by atoms with Gasteiger partial charge in [-0.05, 0) is 26.7 Å². The van der Waals surface area contributed by atoms with Gasteiger partial charge in [0.05, 0.1) is 0 Å². The van der Waals surface area contributed by atoms with Crippen LogP contribution in [0.15, 0.2) is 0 Å². The van der Waals surface area contributed by atoms with Crippen LogP contribution >= 0.6 is 0 Å². The predicted molar refractivity (Wildman–Crippen MR) is 71.0 cm³/mol. The summed E-state index contributed by atoms with van der Waals surface area (Å²) in [5.41, 5.74) is -1.27. The van der Waals surface area contributed by atoms with Gasteiger partial charge in [0.2, 0.25) is 0 Å². The van der Waals surface area contributed by atoms with E-state index in [1.165, 1.54) is 6.92 Å². The first-order chi connectivity index (χ1) is 8.21. The summed E-state index contributed by atoms with van der Waals surface area (Å²) >= 11 is 0. The van der Waals surface area contributed by atoms with Gasteiger partial charge in [0.25, 0.3) is 0 Å². The van der Waals surface area contributed by atoms with E-state index in [-0.39, 0.29) is 6.04 Å². The fourth-order valence-electron chi connectivity index (χ4n) is 1.22. The summed E-state index contributed by atoms with van der Waals surface area (Å²) in [6.07, 6.45) is 2.49. The Bertz CT molecular complexity index is 335. The van der Waals surface area contributed by atoms with Gasteiger partial charge in [-0.2, -0.15) is 0 Å². The quantitative estimate of drug-likeness (QED) is 0.638. The van der Waals surface area contributed by atoms with E-state index >= 15 is 0 Å². The molecule has 0 aromatic carbocycles. The molecule has 0 aliphatic heterocycles. The second-order valence-corrected chi connectivity index (χ2v) is 6.11. The molecular weight excluding hydrogens is 256 g/mol. The first-order valence-corrected chi connectivity index (χ1v) is 7.56. The number of urea groups is 1. The third-order valence-corrected chi connectivity index (χ3v) is 3.59. The van der Waals surface area contributed by atoms with Crippen LogP contribution in [0.4, 0.5) is 4.79 Å². The van der Waals surface area contributed by atoms with Gasteiger partial charge in [-0.25, -0.2) is 9.59 Å². The molecule has 0 fully saturated rings. The molecule has 0 saturated heterocycles. The van der Waals surface area contributed by atoms with Gasteiger partial charge in [0.1, 0.15) is 5.54 Å². The molecule has 0 rings (SSSR count). The molecule has 6 nitrogen and oxygen atoms in total. The van der Waals surface area contributed by atoms with E-state index in [1.807, 2.05) is 0 Å². The van der Waals surface area contributed by atoms with Gasteiger partial charge in [-0.3, -0.25) is 4.21 Å². The fraction of sp³-hybridized carbons (Fsp3) is 0.818. The second-order valence-electron chi connectivity index (χ2n) is 4.56. The summed E-state index contributed by atoms with van der Waals surface area (Å²) in [6, 6.07) is -0.667. The van der Waals surface area contributed by atoms with E-state index in [0.717, 1.165) is 0 Å². The third kappa shape index (κ3) is 6.00. The number of carboxylic acid groups (broad SMARTS) is 1. The first-order valence-electron chi connectivity index (χ1n) is 5.83. The normalized spacial score (nSPS) is 17.3. The summed E-state index contributed by atoms with van der Waals surface area (Å²) in [5, 5.41) is 14.1. The molecule has 0 aliphatic rings. The molecule has 2 amide bonds. The highest BCUT2D eigenvalue weighted by molar-refractivity contribution is 7.84. The molecule has 0 heterocycles. The molecular formula is C11H22N2O4S. The molecule has 0 spiro atoms. The second kappa shape index (κ2) is 7.35. The standard InChI is InChI=1S/C11H22N2O4S/c1-5-11(3,9(14)15)13-10(16)12-8(2)6-7-18(4)17/h8H,5-7H2,1-4H3,(H,14,15)(H2,12,13,16). The lowest BCUT2D eigenvalue weighted by molar-refractivity contribution is -0.143. The number of nitrogens with one attached hydrogen (secondary N) is 2. The monoisotopic (exact) mass is 278 g/mol. The van der Waals surface area contributed by atoms with Gasteiger partial charge in [-0.1, -0.05) is 6.92 Å². The van der Waals surface area contributed by atoms with Crippen LogP contribution in [0.25, 0.3) is 0 Å². The van der Waals surface area contributed by atoms with Crippen molar-refractivity contribution in [3.63, 3.8) is 0 Å². The number of hydrogen-bond acceptors (Lipinski definition) is 3. The van der Waals surface area contributed by atoms with Crippen LogP contribution in [0.1, 0.15) is 33.6 Å². The van der Waals surface area contributed by atoms with E-state index < -0.39 is 28.3 Å². The Morgan fingerprint density at radius 3 is 2.39 bits per heavy atom. The minimum absolute atomic E-state index is 0.149. The van der Waals surface area contributed by atoms with E-state index in [4.69, 9.17) is 5.11 Å². The molecule has 0 bridgehead atoms. The van der Waals surface area contributed by atoms with Crippen LogP contribution in [0.3, 0.4) is 0 Å². The van der Waals surface area contributed by atoms with Crippen molar-refractivity contribution >= 4 is 22.8 Å². The highest BCUT2D eigenvalue weighted by atomic mass is 32.2. The lowest BCUT2D eigenvalue weighted by Gasteiger charge is -2.25. The van der Waals surface area contributed by atoms with Gasteiger partial charge < -0.3 is 15.7 Å². The number of carbonyl (C=O) groups excluding carboxylic acids is 1.